The molecule has 2 heterocycles. The van der Waals surface area contributed by atoms with Gasteiger partial charge in [-0.3, -0.25) is 0 Å². The molecular weight excluding hydrogens is 166 g/mol. The normalized spacial score (nSPS) is 10.8. The molecule has 0 atom stereocenters. The SMILES string of the molecule is CONCc1c[nH]c2ncccc12. The number of pyridine rings is 1. The Bertz CT molecular complexity index is 396. The van der Waals surface area contributed by atoms with Gasteiger partial charge in [-0.1, -0.05) is 0 Å². The highest BCUT2D eigenvalue weighted by atomic mass is 16.6. The van der Waals surface area contributed by atoms with Crippen LogP contribution in [-0.2, 0) is 11.4 Å². The van der Waals surface area contributed by atoms with Crippen LogP contribution in [0.5, 0.6) is 0 Å². The van der Waals surface area contributed by atoms with Crippen molar-refractivity contribution in [2.45, 2.75) is 6.54 Å². The first-order chi connectivity index (χ1) is 6.42. The third-order valence-corrected chi connectivity index (χ3v) is 1.94. The van der Waals surface area contributed by atoms with Crippen molar-refractivity contribution in [3.63, 3.8) is 0 Å². The lowest BCUT2D eigenvalue weighted by Crippen LogP contribution is -2.10. The van der Waals surface area contributed by atoms with Crippen LogP contribution < -0.4 is 5.48 Å². The number of hydrogen-bond donors (Lipinski definition) is 2. The van der Waals surface area contributed by atoms with E-state index in [0.29, 0.717) is 6.54 Å². The summed E-state index contributed by atoms with van der Waals surface area (Å²) in [5.41, 5.74) is 4.86. The number of aromatic amines is 1. The van der Waals surface area contributed by atoms with E-state index in [0.717, 1.165) is 16.6 Å². The van der Waals surface area contributed by atoms with E-state index in [-0.39, 0.29) is 0 Å². The molecule has 0 spiro atoms. The van der Waals surface area contributed by atoms with Crippen molar-refractivity contribution in [1.82, 2.24) is 15.4 Å². The van der Waals surface area contributed by atoms with E-state index in [1.807, 2.05) is 18.3 Å². The van der Waals surface area contributed by atoms with Crippen LogP contribution in [0.25, 0.3) is 11.0 Å². The Morgan fingerprint density at radius 1 is 1.62 bits per heavy atom. The highest BCUT2D eigenvalue weighted by Crippen LogP contribution is 2.14. The first kappa shape index (κ1) is 8.22. The van der Waals surface area contributed by atoms with E-state index >= 15 is 0 Å². The van der Waals surface area contributed by atoms with Crippen LogP contribution in [0.15, 0.2) is 24.5 Å². The largest absolute Gasteiger partial charge is 0.346 e. The molecule has 2 aromatic heterocycles. The highest BCUT2D eigenvalue weighted by molar-refractivity contribution is 5.79. The van der Waals surface area contributed by atoms with Gasteiger partial charge in [0.1, 0.15) is 5.65 Å². The Kier molecular flexibility index (Phi) is 2.25. The maximum Gasteiger partial charge on any atom is 0.137 e. The Balaban J connectivity index is 2.35. The van der Waals surface area contributed by atoms with Gasteiger partial charge in [-0.25, -0.2) is 4.98 Å². The summed E-state index contributed by atoms with van der Waals surface area (Å²) in [5, 5.41) is 1.13. The first-order valence-electron chi connectivity index (χ1n) is 4.08. The second-order valence-electron chi connectivity index (χ2n) is 2.74. The molecule has 2 aromatic rings. The highest BCUT2D eigenvalue weighted by Gasteiger charge is 2.01. The zero-order valence-corrected chi connectivity index (χ0v) is 7.37. The first-order valence-corrected chi connectivity index (χ1v) is 4.08. The topological polar surface area (TPSA) is 49.9 Å². The molecule has 0 unspecified atom stereocenters. The van der Waals surface area contributed by atoms with Crippen molar-refractivity contribution in [1.29, 1.82) is 0 Å². The predicted octanol–water partition coefficient (Wildman–Crippen LogP) is 1.21. The van der Waals surface area contributed by atoms with Gasteiger partial charge in [-0.2, -0.15) is 5.48 Å². The van der Waals surface area contributed by atoms with E-state index < -0.39 is 0 Å². The molecule has 0 saturated heterocycles. The lowest BCUT2D eigenvalue weighted by atomic mass is 10.2. The lowest BCUT2D eigenvalue weighted by Gasteiger charge is -1.98. The number of hydrogen-bond acceptors (Lipinski definition) is 3. The number of aromatic nitrogens is 2. The molecule has 0 amide bonds. The van der Waals surface area contributed by atoms with Gasteiger partial charge in [-0.15, -0.1) is 0 Å². The minimum atomic E-state index is 0.683. The van der Waals surface area contributed by atoms with Gasteiger partial charge in [0, 0.05) is 24.3 Å². The lowest BCUT2D eigenvalue weighted by molar-refractivity contribution is 0.0870. The summed E-state index contributed by atoms with van der Waals surface area (Å²) in [6, 6.07) is 3.96. The molecule has 0 aliphatic heterocycles. The molecule has 68 valence electrons. The van der Waals surface area contributed by atoms with E-state index in [1.165, 1.54) is 0 Å². The minimum Gasteiger partial charge on any atom is -0.346 e. The van der Waals surface area contributed by atoms with Crippen LogP contribution in [-0.4, -0.2) is 17.1 Å². The fourth-order valence-electron chi connectivity index (χ4n) is 1.31. The Morgan fingerprint density at radius 2 is 2.54 bits per heavy atom. The fourth-order valence-corrected chi connectivity index (χ4v) is 1.31. The van der Waals surface area contributed by atoms with Crippen molar-refractivity contribution < 1.29 is 4.84 Å². The molecule has 2 rings (SSSR count). The van der Waals surface area contributed by atoms with E-state index in [9.17, 15) is 0 Å². The zero-order chi connectivity index (χ0) is 9.10. The van der Waals surface area contributed by atoms with E-state index in [2.05, 4.69) is 15.4 Å². The van der Waals surface area contributed by atoms with Gasteiger partial charge in [0.2, 0.25) is 0 Å². The number of hydroxylamine groups is 1. The fraction of sp³-hybridized carbons (Fsp3) is 0.222. The van der Waals surface area contributed by atoms with Crippen molar-refractivity contribution in [3.8, 4) is 0 Å². The molecule has 4 heteroatoms. The van der Waals surface area contributed by atoms with Crippen LogP contribution in [0, 0.1) is 0 Å². The molecule has 0 bridgehead atoms. The third kappa shape index (κ3) is 1.54. The molecule has 0 aromatic carbocycles. The van der Waals surface area contributed by atoms with Gasteiger partial charge < -0.3 is 9.82 Å². The number of nitrogens with zero attached hydrogens (tertiary/aromatic N) is 1. The van der Waals surface area contributed by atoms with Crippen molar-refractivity contribution in [2.75, 3.05) is 7.11 Å². The summed E-state index contributed by atoms with van der Waals surface area (Å²) < 4.78 is 0. The van der Waals surface area contributed by atoms with Gasteiger partial charge in [0.25, 0.3) is 0 Å². The molecule has 0 saturated carbocycles. The maximum atomic E-state index is 4.78. The molecule has 0 aliphatic rings. The Morgan fingerprint density at radius 3 is 3.38 bits per heavy atom. The molecule has 2 N–H and O–H groups in total. The monoisotopic (exact) mass is 177 g/mol. The van der Waals surface area contributed by atoms with Crippen LogP contribution >= 0.6 is 0 Å². The molecule has 0 fully saturated rings. The summed E-state index contributed by atoms with van der Waals surface area (Å²) in [7, 11) is 1.60. The van der Waals surface area contributed by atoms with Crippen LogP contribution in [0.2, 0.25) is 0 Å². The van der Waals surface area contributed by atoms with Crippen molar-refractivity contribution >= 4 is 11.0 Å². The quantitative estimate of drug-likeness (QED) is 0.693. The number of nitrogens with one attached hydrogen (secondary N) is 2. The van der Waals surface area contributed by atoms with Gasteiger partial charge in [-0.05, 0) is 17.7 Å². The van der Waals surface area contributed by atoms with Gasteiger partial charge in [0.05, 0.1) is 7.11 Å². The van der Waals surface area contributed by atoms with Crippen molar-refractivity contribution in [2.24, 2.45) is 0 Å². The molecule has 0 radical (unpaired) electrons. The van der Waals surface area contributed by atoms with Gasteiger partial charge >= 0.3 is 0 Å². The third-order valence-electron chi connectivity index (χ3n) is 1.94. The second-order valence-corrected chi connectivity index (χ2v) is 2.74. The number of fused-ring (bicyclic) bond motifs is 1. The maximum absolute atomic E-state index is 4.78. The summed E-state index contributed by atoms with van der Waals surface area (Å²) in [5.74, 6) is 0. The van der Waals surface area contributed by atoms with Crippen LogP contribution in [0.1, 0.15) is 5.56 Å². The van der Waals surface area contributed by atoms with Crippen molar-refractivity contribution in [3.05, 3.63) is 30.1 Å². The summed E-state index contributed by atoms with van der Waals surface area (Å²) in [6.45, 7) is 0.683. The average molecular weight is 177 g/mol. The standard InChI is InChI=1S/C9H11N3O/c1-13-12-6-7-5-11-9-8(7)3-2-4-10-9/h2-5,12H,6H2,1H3,(H,10,11). The zero-order valence-electron chi connectivity index (χ0n) is 7.37. The minimum absolute atomic E-state index is 0.683. The van der Waals surface area contributed by atoms with Crippen LogP contribution in [0.3, 0.4) is 0 Å². The van der Waals surface area contributed by atoms with E-state index in [1.54, 1.807) is 13.3 Å². The smallest absolute Gasteiger partial charge is 0.137 e. The molecule has 0 aliphatic carbocycles. The average Bonchev–Trinajstić information content (AvgIpc) is 2.58. The Hall–Kier alpha value is -1.39. The summed E-state index contributed by atoms with van der Waals surface area (Å²) in [6.07, 6.45) is 3.70. The number of H-pyrrole nitrogens is 1. The molecule has 4 nitrogen and oxygen atoms in total. The van der Waals surface area contributed by atoms with Gasteiger partial charge in [0.15, 0.2) is 0 Å². The molecule has 13 heavy (non-hydrogen) atoms. The van der Waals surface area contributed by atoms with Crippen LogP contribution in [0.4, 0.5) is 0 Å². The predicted molar refractivity (Wildman–Crippen MR) is 49.9 cm³/mol. The molecular formula is C9H11N3O. The second kappa shape index (κ2) is 3.55. The summed E-state index contributed by atoms with van der Waals surface area (Å²) in [4.78, 5) is 12.1. The van der Waals surface area contributed by atoms with E-state index in [4.69, 9.17) is 4.84 Å². The Labute approximate surface area is 75.9 Å². The number of rotatable bonds is 3. The summed E-state index contributed by atoms with van der Waals surface area (Å²) >= 11 is 0.